The van der Waals surface area contributed by atoms with Gasteiger partial charge in [0.2, 0.25) is 0 Å². The van der Waals surface area contributed by atoms with E-state index in [-0.39, 0.29) is 55.2 Å². The van der Waals surface area contributed by atoms with Crippen molar-refractivity contribution in [2.24, 2.45) is 10.8 Å². The molecule has 0 aliphatic carbocycles. The Morgan fingerprint density at radius 3 is 1.14 bits per heavy atom. The van der Waals surface area contributed by atoms with E-state index >= 15 is 0 Å². The molecule has 6 rings (SSSR count). The summed E-state index contributed by atoms with van der Waals surface area (Å²) < 4.78 is 78.3. The molecule has 0 radical (unpaired) electrons. The molecule has 0 unspecified atom stereocenters. The standard InChI is InChI=1S/2C28H37NO5S/c2*1-5-7-15-28(16-8-6-2)20-29(23-12-10-9-11-13-23)24-18-25(33-4)26(34-17-14-22(3)30)19-27(24)35(31,32)21-28/h2*9-14,17-19H,5-8,15-16,20-21H2,1-4H3/b17-14+;17-14-. The molecule has 0 bridgehead atoms. The molecule has 4 aromatic rings. The van der Waals surface area contributed by atoms with Crippen LogP contribution in [0.4, 0.5) is 22.7 Å². The van der Waals surface area contributed by atoms with Crippen LogP contribution >= 0.6 is 0 Å². The molecule has 12 nitrogen and oxygen atoms in total. The van der Waals surface area contributed by atoms with Crippen LogP contribution < -0.4 is 28.7 Å². The summed E-state index contributed by atoms with van der Waals surface area (Å²) in [5.74, 6) is 1.17. The SMILES string of the molecule is CCCCC1(CCCC)CN(c2ccccc2)c2cc(OC)c(O/C=C/C(C)=O)cc2S(=O)(=O)C1.CCCCC1(CCCC)CN(c2ccccc2)c2cc(OC)c(O/C=C\C(C)=O)cc2S(=O)(=O)C1. The molecule has 2 heterocycles. The van der Waals surface area contributed by atoms with Gasteiger partial charge in [0, 0.05) is 71.7 Å². The lowest BCUT2D eigenvalue weighted by Crippen LogP contribution is -2.38. The Morgan fingerprint density at radius 1 is 0.529 bits per heavy atom. The van der Waals surface area contributed by atoms with Gasteiger partial charge >= 0.3 is 0 Å². The van der Waals surface area contributed by atoms with E-state index in [1.165, 1.54) is 52.7 Å². The van der Waals surface area contributed by atoms with Crippen LogP contribution in [0.15, 0.2) is 119 Å². The summed E-state index contributed by atoms with van der Waals surface area (Å²) in [4.78, 5) is 27.3. The zero-order valence-corrected chi connectivity index (χ0v) is 44.1. The molecule has 4 aromatic carbocycles. The molecule has 0 spiro atoms. The molecule has 380 valence electrons. The Kier molecular flexibility index (Phi) is 20.2. The van der Waals surface area contributed by atoms with Crippen LogP contribution in [0.1, 0.15) is 119 Å². The topological polar surface area (TPSA) is 146 Å². The first-order valence-electron chi connectivity index (χ1n) is 24.7. The van der Waals surface area contributed by atoms with E-state index in [2.05, 4.69) is 37.5 Å². The van der Waals surface area contributed by atoms with Crippen LogP contribution in [-0.2, 0) is 29.3 Å². The number of ether oxygens (including phenoxy) is 4. The number of rotatable bonds is 22. The van der Waals surface area contributed by atoms with E-state index in [4.69, 9.17) is 18.9 Å². The predicted molar refractivity (Wildman–Crippen MR) is 281 cm³/mol. The van der Waals surface area contributed by atoms with E-state index in [1.807, 2.05) is 60.7 Å². The van der Waals surface area contributed by atoms with Crippen LogP contribution in [0.5, 0.6) is 23.0 Å². The van der Waals surface area contributed by atoms with Crippen LogP contribution in [0.3, 0.4) is 0 Å². The zero-order chi connectivity index (χ0) is 51.0. The number of para-hydroxylation sites is 2. The van der Waals surface area contributed by atoms with E-state index < -0.39 is 19.7 Å². The Labute approximate surface area is 417 Å². The first-order valence-corrected chi connectivity index (χ1v) is 28.0. The third-order valence-corrected chi connectivity index (χ3v) is 17.1. The van der Waals surface area contributed by atoms with Crippen molar-refractivity contribution in [1.29, 1.82) is 0 Å². The third kappa shape index (κ3) is 14.3. The van der Waals surface area contributed by atoms with Crippen LogP contribution in [0.25, 0.3) is 0 Å². The summed E-state index contributed by atoms with van der Waals surface area (Å²) in [6, 6.07) is 26.4. The Hall–Kier alpha value is -5.60. The van der Waals surface area contributed by atoms with Crippen molar-refractivity contribution in [2.45, 2.75) is 128 Å². The maximum atomic E-state index is 14.0. The first kappa shape index (κ1) is 55.3. The molecule has 0 saturated carbocycles. The van der Waals surface area contributed by atoms with E-state index in [9.17, 15) is 26.4 Å². The first-order chi connectivity index (χ1) is 33.5. The monoisotopic (exact) mass is 998 g/mol. The highest BCUT2D eigenvalue weighted by atomic mass is 32.2. The molecule has 0 aromatic heterocycles. The highest BCUT2D eigenvalue weighted by Crippen LogP contribution is 2.50. The molecule has 0 atom stereocenters. The average Bonchev–Trinajstić information content (AvgIpc) is 3.50. The smallest absolute Gasteiger partial charge is 0.181 e. The molecular weight excluding hydrogens is 925 g/mol. The highest BCUT2D eigenvalue weighted by molar-refractivity contribution is 7.92. The van der Waals surface area contributed by atoms with Gasteiger partial charge in [-0.2, -0.15) is 0 Å². The van der Waals surface area contributed by atoms with E-state index in [0.717, 1.165) is 88.4 Å². The molecule has 2 aliphatic heterocycles. The van der Waals surface area contributed by atoms with Gasteiger partial charge in [0.1, 0.15) is 0 Å². The molecule has 14 heteroatoms. The van der Waals surface area contributed by atoms with E-state index in [1.54, 1.807) is 24.3 Å². The normalized spacial score (nSPS) is 16.5. The van der Waals surface area contributed by atoms with Gasteiger partial charge in [0.15, 0.2) is 54.2 Å². The van der Waals surface area contributed by atoms with Crippen molar-refractivity contribution in [3.8, 4) is 23.0 Å². The van der Waals surface area contributed by atoms with Gasteiger partial charge < -0.3 is 28.7 Å². The summed E-state index contributed by atoms with van der Waals surface area (Å²) in [5.41, 5.74) is 2.31. The number of carbonyl (C=O) groups excluding carboxylic acids is 2. The van der Waals surface area contributed by atoms with Gasteiger partial charge in [-0.1, -0.05) is 115 Å². The largest absolute Gasteiger partial charge is 0.493 e. The lowest BCUT2D eigenvalue weighted by molar-refractivity contribution is -0.113. The summed E-state index contributed by atoms with van der Waals surface area (Å²) in [7, 11) is -4.25. The fraction of sp³-hybridized carbons (Fsp3) is 0.464. The Bertz CT molecular complexity index is 2450. The summed E-state index contributed by atoms with van der Waals surface area (Å²) in [6.07, 6.45) is 16.5. The van der Waals surface area contributed by atoms with Crippen LogP contribution in [0.2, 0.25) is 0 Å². The number of unbranched alkanes of at least 4 members (excludes halogenated alkanes) is 4. The minimum atomic E-state index is -3.64. The second-order valence-electron chi connectivity index (χ2n) is 18.8. The third-order valence-electron chi connectivity index (χ3n) is 13.1. The number of hydrogen-bond donors (Lipinski definition) is 0. The zero-order valence-electron chi connectivity index (χ0n) is 42.5. The van der Waals surface area contributed by atoms with Crippen molar-refractivity contribution in [1.82, 2.24) is 0 Å². The Morgan fingerprint density at radius 2 is 0.857 bits per heavy atom. The fourth-order valence-corrected chi connectivity index (χ4v) is 13.8. The van der Waals surface area contributed by atoms with Gasteiger partial charge in [-0.15, -0.1) is 0 Å². The van der Waals surface area contributed by atoms with Crippen LogP contribution in [0, 0.1) is 10.8 Å². The number of sulfone groups is 2. The maximum absolute atomic E-state index is 14.0. The van der Waals surface area contributed by atoms with Crippen molar-refractivity contribution in [2.75, 3.05) is 48.6 Å². The minimum Gasteiger partial charge on any atom is -0.493 e. The second kappa shape index (κ2) is 25.5. The summed E-state index contributed by atoms with van der Waals surface area (Å²) in [5, 5.41) is 0. The number of nitrogens with zero attached hydrogens (tertiary/aromatic N) is 2. The molecule has 2 aliphatic rings. The van der Waals surface area contributed by atoms with E-state index in [0.29, 0.717) is 36.0 Å². The molecule has 70 heavy (non-hydrogen) atoms. The lowest BCUT2D eigenvalue weighted by Gasteiger charge is -2.37. The quantitative estimate of drug-likeness (QED) is 0.0545. The average molecular weight is 999 g/mol. The number of carbonyl (C=O) groups is 2. The number of fused-ring (bicyclic) bond motifs is 2. The summed E-state index contributed by atoms with van der Waals surface area (Å²) in [6.45, 7) is 12.6. The Balaban J connectivity index is 0.000000261. The molecule has 0 saturated heterocycles. The van der Waals surface area contributed by atoms with Crippen molar-refractivity contribution < 1.29 is 45.4 Å². The highest BCUT2D eigenvalue weighted by Gasteiger charge is 2.44. The van der Waals surface area contributed by atoms with Crippen molar-refractivity contribution in [3.63, 3.8) is 0 Å². The fourth-order valence-electron chi connectivity index (χ4n) is 9.52. The molecule has 0 fully saturated rings. The van der Waals surface area contributed by atoms with Gasteiger partial charge in [-0.25, -0.2) is 16.8 Å². The van der Waals surface area contributed by atoms with Gasteiger partial charge in [0.25, 0.3) is 0 Å². The number of methoxy groups -OCH3 is 2. The molecule has 0 N–H and O–H groups in total. The number of ketones is 2. The number of anilines is 4. The predicted octanol–water partition coefficient (Wildman–Crippen LogP) is 12.9. The lowest BCUT2D eigenvalue weighted by atomic mass is 9.79. The van der Waals surface area contributed by atoms with Crippen molar-refractivity contribution >= 4 is 54.0 Å². The van der Waals surface area contributed by atoms with Gasteiger partial charge in [-0.05, 0) is 63.8 Å². The molecule has 0 amide bonds. The minimum absolute atomic E-state index is 0.0887. The van der Waals surface area contributed by atoms with Crippen molar-refractivity contribution in [3.05, 3.63) is 110 Å². The van der Waals surface area contributed by atoms with Gasteiger partial charge in [-0.3, -0.25) is 9.59 Å². The summed E-state index contributed by atoms with van der Waals surface area (Å²) >= 11 is 0. The number of allylic oxidation sites excluding steroid dienone is 2. The number of benzene rings is 4. The number of hydrogen-bond acceptors (Lipinski definition) is 12. The van der Waals surface area contributed by atoms with Crippen LogP contribution in [-0.4, -0.2) is 67.2 Å². The molecular formula is C56H74N2O10S2. The second-order valence-corrected chi connectivity index (χ2v) is 22.7. The van der Waals surface area contributed by atoms with Gasteiger partial charge in [0.05, 0.1) is 59.4 Å². The maximum Gasteiger partial charge on any atom is 0.181 e.